The van der Waals surface area contributed by atoms with Gasteiger partial charge in [-0.05, 0) is 42.8 Å². The SMILES string of the molecule is COc1ccc(C(C)NC(=O)c2ccc(Cl)cc2Cl)cc1. The number of hydrogen-bond acceptors (Lipinski definition) is 2. The third-order valence-electron chi connectivity index (χ3n) is 3.14. The average molecular weight is 324 g/mol. The minimum absolute atomic E-state index is 0.143. The van der Waals surface area contributed by atoms with Crippen LogP contribution in [0, 0.1) is 0 Å². The molecule has 2 aromatic rings. The van der Waals surface area contributed by atoms with Gasteiger partial charge in [0.15, 0.2) is 0 Å². The minimum atomic E-state index is -0.236. The van der Waals surface area contributed by atoms with E-state index in [-0.39, 0.29) is 11.9 Å². The summed E-state index contributed by atoms with van der Waals surface area (Å²) in [6, 6.07) is 12.2. The summed E-state index contributed by atoms with van der Waals surface area (Å²) in [6.45, 7) is 1.91. The smallest absolute Gasteiger partial charge is 0.253 e. The van der Waals surface area contributed by atoms with Crippen molar-refractivity contribution in [2.75, 3.05) is 7.11 Å². The van der Waals surface area contributed by atoms with E-state index in [4.69, 9.17) is 27.9 Å². The first-order valence-electron chi connectivity index (χ1n) is 6.41. The highest BCUT2D eigenvalue weighted by molar-refractivity contribution is 6.36. The number of carbonyl (C=O) groups excluding carboxylic acids is 1. The lowest BCUT2D eigenvalue weighted by atomic mass is 10.1. The Morgan fingerprint density at radius 2 is 1.81 bits per heavy atom. The number of methoxy groups -OCH3 is 1. The summed E-state index contributed by atoms with van der Waals surface area (Å²) in [5, 5.41) is 3.74. The molecular formula is C16H15Cl2NO2. The Labute approximate surface area is 133 Å². The lowest BCUT2D eigenvalue weighted by Crippen LogP contribution is -2.26. The second kappa shape index (κ2) is 6.83. The monoisotopic (exact) mass is 323 g/mol. The van der Waals surface area contributed by atoms with Crippen LogP contribution < -0.4 is 10.1 Å². The molecule has 5 heteroatoms. The molecule has 0 fully saturated rings. The number of nitrogens with one attached hydrogen (secondary N) is 1. The van der Waals surface area contributed by atoms with E-state index in [1.54, 1.807) is 25.3 Å². The van der Waals surface area contributed by atoms with Crippen LogP contribution in [0.5, 0.6) is 5.75 Å². The highest BCUT2D eigenvalue weighted by Crippen LogP contribution is 2.22. The number of carbonyl (C=O) groups is 1. The van der Waals surface area contributed by atoms with Gasteiger partial charge in [0.05, 0.1) is 23.7 Å². The van der Waals surface area contributed by atoms with Gasteiger partial charge in [-0.15, -0.1) is 0 Å². The number of hydrogen-bond donors (Lipinski definition) is 1. The van der Waals surface area contributed by atoms with E-state index in [0.717, 1.165) is 11.3 Å². The maximum Gasteiger partial charge on any atom is 0.253 e. The molecule has 0 saturated heterocycles. The van der Waals surface area contributed by atoms with E-state index < -0.39 is 0 Å². The van der Waals surface area contributed by atoms with Crippen LogP contribution in [-0.2, 0) is 0 Å². The van der Waals surface area contributed by atoms with Crippen molar-refractivity contribution in [3.05, 3.63) is 63.6 Å². The molecule has 0 aromatic heterocycles. The van der Waals surface area contributed by atoms with Crippen molar-refractivity contribution in [3.8, 4) is 5.75 Å². The predicted octanol–water partition coefficient (Wildman–Crippen LogP) is 4.49. The van der Waals surface area contributed by atoms with Crippen LogP contribution in [0.25, 0.3) is 0 Å². The van der Waals surface area contributed by atoms with E-state index in [0.29, 0.717) is 15.6 Å². The Morgan fingerprint density at radius 3 is 2.38 bits per heavy atom. The fourth-order valence-corrected chi connectivity index (χ4v) is 2.42. The molecular weight excluding hydrogens is 309 g/mol. The van der Waals surface area contributed by atoms with Gasteiger partial charge in [0, 0.05) is 5.02 Å². The lowest BCUT2D eigenvalue weighted by Gasteiger charge is -2.15. The molecule has 3 nitrogen and oxygen atoms in total. The van der Waals surface area contributed by atoms with Crippen molar-refractivity contribution in [1.29, 1.82) is 0 Å². The fraction of sp³-hybridized carbons (Fsp3) is 0.188. The third-order valence-corrected chi connectivity index (χ3v) is 3.69. The summed E-state index contributed by atoms with van der Waals surface area (Å²) in [5.74, 6) is 0.540. The van der Waals surface area contributed by atoms with Crippen LogP contribution in [-0.4, -0.2) is 13.0 Å². The largest absolute Gasteiger partial charge is 0.497 e. The van der Waals surface area contributed by atoms with Gasteiger partial charge < -0.3 is 10.1 Å². The van der Waals surface area contributed by atoms with Gasteiger partial charge >= 0.3 is 0 Å². The lowest BCUT2D eigenvalue weighted by molar-refractivity contribution is 0.0940. The number of benzene rings is 2. The molecule has 1 atom stereocenters. The van der Waals surface area contributed by atoms with Gasteiger partial charge in [0.2, 0.25) is 0 Å². The van der Waals surface area contributed by atoms with E-state index in [2.05, 4.69) is 5.32 Å². The van der Waals surface area contributed by atoms with Crippen LogP contribution in [0.1, 0.15) is 28.9 Å². The standard InChI is InChI=1S/C16H15Cl2NO2/c1-10(11-3-6-13(21-2)7-4-11)19-16(20)14-8-5-12(17)9-15(14)18/h3-10H,1-2H3,(H,19,20). The summed E-state index contributed by atoms with van der Waals surface area (Å²) >= 11 is 11.9. The van der Waals surface area contributed by atoms with Crippen LogP contribution in [0.15, 0.2) is 42.5 Å². The first-order valence-corrected chi connectivity index (χ1v) is 7.16. The van der Waals surface area contributed by atoms with Crippen molar-refractivity contribution in [2.24, 2.45) is 0 Å². The first kappa shape index (κ1) is 15.7. The van der Waals surface area contributed by atoms with Gasteiger partial charge in [0.1, 0.15) is 5.75 Å². The quantitative estimate of drug-likeness (QED) is 0.900. The Bertz CT molecular complexity index is 641. The molecule has 0 aliphatic heterocycles. The Balaban J connectivity index is 2.10. The maximum absolute atomic E-state index is 12.2. The molecule has 1 N–H and O–H groups in total. The summed E-state index contributed by atoms with van der Waals surface area (Å²) in [5.41, 5.74) is 1.38. The van der Waals surface area contributed by atoms with Crippen molar-refractivity contribution in [3.63, 3.8) is 0 Å². The Hall–Kier alpha value is -1.71. The van der Waals surface area contributed by atoms with Crippen molar-refractivity contribution in [1.82, 2.24) is 5.32 Å². The third kappa shape index (κ3) is 3.90. The predicted molar refractivity (Wildman–Crippen MR) is 85.3 cm³/mol. The van der Waals surface area contributed by atoms with Gasteiger partial charge in [-0.2, -0.15) is 0 Å². The molecule has 2 rings (SSSR count). The Morgan fingerprint density at radius 1 is 1.14 bits per heavy atom. The van der Waals surface area contributed by atoms with Gasteiger partial charge in [-0.25, -0.2) is 0 Å². The average Bonchev–Trinajstić information content (AvgIpc) is 2.47. The molecule has 0 heterocycles. The molecule has 2 aromatic carbocycles. The summed E-state index contributed by atoms with van der Waals surface area (Å²) in [7, 11) is 1.61. The highest BCUT2D eigenvalue weighted by Gasteiger charge is 2.14. The topological polar surface area (TPSA) is 38.3 Å². The van der Waals surface area contributed by atoms with E-state index >= 15 is 0 Å². The summed E-state index contributed by atoms with van der Waals surface area (Å²) in [6.07, 6.45) is 0. The fourth-order valence-electron chi connectivity index (χ4n) is 1.92. The molecule has 0 aliphatic rings. The van der Waals surface area contributed by atoms with Crippen LogP contribution in [0.3, 0.4) is 0 Å². The van der Waals surface area contributed by atoms with Gasteiger partial charge in [-0.3, -0.25) is 4.79 Å². The molecule has 0 spiro atoms. The van der Waals surface area contributed by atoms with Crippen molar-refractivity contribution in [2.45, 2.75) is 13.0 Å². The number of halogens is 2. The first-order chi connectivity index (χ1) is 10.0. The van der Waals surface area contributed by atoms with Crippen LogP contribution in [0.4, 0.5) is 0 Å². The number of amides is 1. The second-order valence-electron chi connectivity index (χ2n) is 4.59. The molecule has 0 bridgehead atoms. The molecule has 1 unspecified atom stereocenters. The summed E-state index contributed by atoms with van der Waals surface area (Å²) in [4.78, 5) is 12.2. The van der Waals surface area contributed by atoms with Crippen molar-refractivity contribution < 1.29 is 9.53 Å². The molecule has 110 valence electrons. The minimum Gasteiger partial charge on any atom is -0.497 e. The normalized spacial score (nSPS) is 11.8. The van der Waals surface area contributed by atoms with Crippen molar-refractivity contribution >= 4 is 29.1 Å². The zero-order valence-electron chi connectivity index (χ0n) is 11.7. The number of ether oxygens (including phenoxy) is 1. The highest BCUT2D eigenvalue weighted by atomic mass is 35.5. The molecule has 21 heavy (non-hydrogen) atoms. The maximum atomic E-state index is 12.2. The van der Waals surface area contributed by atoms with Gasteiger partial charge in [0.25, 0.3) is 5.91 Å². The van der Waals surface area contributed by atoms with Gasteiger partial charge in [-0.1, -0.05) is 35.3 Å². The number of rotatable bonds is 4. The molecule has 0 aliphatic carbocycles. The van der Waals surface area contributed by atoms with E-state index in [1.165, 1.54) is 0 Å². The molecule has 0 radical (unpaired) electrons. The van der Waals surface area contributed by atoms with Crippen LogP contribution >= 0.6 is 23.2 Å². The van der Waals surface area contributed by atoms with E-state index in [1.807, 2.05) is 31.2 Å². The van der Waals surface area contributed by atoms with Crippen LogP contribution in [0.2, 0.25) is 10.0 Å². The Kier molecular flexibility index (Phi) is 5.10. The zero-order chi connectivity index (χ0) is 15.4. The summed E-state index contributed by atoms with van der Waals surface area (Å²) < 4.78 is 5.11. The zero-order valence-corrected chi connectivity index (χ0v) is 13.2. The van der Waals surface area contributed by atoms with E-state index in [9.17, 15) is 4.79 Å². The molecule has 1 amide bonds. The molecule has 0 saturated carbocycles. The second-order valence-corrected chi connectivity index (χ2v) is 5.44.